The van der Waals surface area contributed by atoms with Crippen molar-refractivity contribution in [3.8, 4) is 11.1 Å². The van der Waals surface area contributed by atoms with Crippen LogP contribution in [0.15, 0.2) is 54.6 Å². The first kappa shape index (κ1) is 10.8. The molecule has 0 fully saturated rings. The van der Waals surface area contributed by atoms with Crippen molar-refractivity contribution in [3.63, 3.8) is 0 Å². The van der Waals surface area contributed by atoms with E-state index in [0.29, 0.717) is 0 Å². The minimum atomic E-state index is 0.0588. The first-order valence-corrected chi connectivity index (χ1v) is 6.73. The summed E-state index contributed by atoms with van der Waals surface area (Å²) in [4.78, 5) is 0. The summed E-state index contributed by atoms with van der Waals surface area (Å²) in [7, 11) is 0. The van der Waals surface area contributed by atoms with Gasteiger partial charge in [0.2, 0.25) is 0 Å². The highest BCUT2D eigenvalue weighted by molar-refractivity contribution is 5.97. The van der Waals surface area contributed by atoms with Crippen LogP contribution in [-0.2, 0) is 5.41 Å². The maximum Gasteiger partial charge on any atom is 0.0165 e. The summed E-state index contributed by atoms with van der Waals surface area (Å²) in [5.74, 6) is 0. The Morgan fingerprint density at radius 2 is 1.74 bits per heavy atom. The summed E-state index contributed by atoms with van der Waals surface area (Å²) in [5.41, 5.74) is 5.65. The summed E-state index contributed by atoms with van der Waals surface area (Å²) in [6.07, 6.45) is 0. The monoisotopic (exact) mass is 243 g/mol. The van der Waals surface area contributed by atoms with Crippen LogP contribution in [0.1, 0.15) is 25.0 Å². The molecule has 1 aliphatic rings. The zero-order valence-electron chi connectivity index (χ0n) is 11.2. The van der Waals surface area contributed by atoms with Crippen LogP contribution in [0.4, 0.5) is 0 Å². The molecule has 0 spiro atoms. The Labute approximate surface area is 113 Å². The minimum absolute atomic E-state index is 0.0588. The van der Waals surface area contributed by atoms with Crippen molar-refractivity contribution >= 4 is 10.8 Å². The average Bonchev–Trinajstić information content (AvgIpc) is 2.68. The normalized spacial score (nSPS) is 15.3. The molecule has 0 atom stereocenters. The molecule has 0 heterocycles. The summed E-state index contributed by atoms with van der Waals surface area (Å²) >= 11 is 0. The van der Waals surface area contributed by atoms with Gasteiger partial charge in [-0.15, -0.1) is 0 Å². The van der Waals surface area contributed by atoms with E-state index in [2.05, 4.69) is 68.4 Å². The number of benzene rings is 3. The second-order valence-electron chi connectivity index (χ2n) is 5.81. The first-order valence-electron chi connectivity index (χ1n) is 6.73. The highest BCUT2D eigenvalue weighted by Crippen LogP contribution is 2.50. The molecular weight excluding hydrogens is 228 g/mol. The molecule has 0 saturated carbocycles. The van der Waals surface area contributed by atoms with Gasteiger partial charge < -0.3 is 0 Å². The van der Waals surface area contributed by atoms with E-state index in [1.165, 1.54) is 33.0 Å². The second kappa shape index (κ2) is 3.48. The molecule has 0 aliphatic heterocycles. The summed E-state index contributed by atoms with van der Waals surface area (Å²) in [6.45, 7) is 4.63. The van der Waals surface area contributed by atoms with Gasteiger partial charge in [-0.3, -0.25) is 0 Å². The zero-order valence-corrected chi connectivity index (χ0v) is 11.2. The van der Waals surface area contributed by atoms with Gasteiger partial charge in [0.1, 0.15) is 0 Å². The predicted molar refractivity (Wildman–Crippen MR) is 80.3 cm³/mol. The second-order valence-corrected chi connectivity index (χ2v) is 5.81. The standard InChI is InChI=1S/C19H15/c1-19(2)17-10-6-5-9-15(17)16-12-11-13-7-3-4-8-14(13)18(16)19/h3-5,7-12H,1-2H3. The summed E-state index contributed by atoms with van der Waals surface area (Å²) < 4.78 is 0. The van der Waals surface area contributed by atoms with Crippen molar-refractivity contribution in [1.82, 2.24) is 0 Å². The molecule has 0 N–H and O–H groups in total. The smallest absolute Gasteiger partial charge is 0.0165 e. The number of hydrogen-bond acceptors (Lipinski definition) is 0. The van der Waals surface area contributed by atoms with Crippen LogP contribution < -0.4 is 0 Å². The van der Waals surface area contributed by atoms with Gasteiger partial charge in [-0.25, -0.2) is 0 Å². The molecule has 1 aliphatic carbocycles. The molecule has 19 heavy (non-hydrogen) atoms. The largest absolute Gasteiger partial charge is 0.0616 e. The van der Waals surface area contributed by atoms with Crippen LogP contribution in [0, 0.1) is 6.07 Å². The maximum absolute atomic E-state index is 3.23. The molecule has 1 radical (unpaired) electrons. The van der Waals surface area contributed by atoms with Gasteiger partial charge in [0.25, 0.3) is 0 Å². The van der Waals surface area contributed by atoms with Gasteiger partial charge in [0.05, 0.1) is 0 Å². The molecular formula is C19H15. The molecule has 91 valence electrons. The van der Waals surface area contributed by atoms with Gasteiger partial charge in [-0.2, -0.15) is 0 Å². The first-order chi connectivity index (χ1) is 9.19. The molecule has 3 aromatic rings. The Bertz CT molecular complexity index is 794. The van der Waals surface area contributed by atoms with Crippen LogP contribution in [-0.4, -0.2) is 0 Å². The molecule has 0 bridgehead atoms. The van der Waals surface area contributed by atoms with Crippen molar-refractivity contribution in [2.24, 2.45) is 0 Å². The van der Waals surface area contributed by atoms with Gasteiger partial charge in [-0.1, -0.05) is 62.4 Å². The van der Waals surface area contributed by atoms with Crippen molar-refractivity contribution in [1.29, 1.82) is 0 Å². The number of fused-ring (bicyclic) bond motifs is 5. The van der Waals surface area contributed by atoms with Gasteiger partial charge >= 0.3 is 0 Å². The van der Waals surface area contributed by atoms with Crippen LogP contribution in [0.2, 0.25) is 0 Å². The van der Waals surface area contributed by atoms with Gasteiger partial charge in [-0.05, 0) is 45.2 Å². The third-order valence-electron chi connectivity index (χ3n) is 4.38. The Hall–Kier alpha value is -2.08. The van der Waals surface area contributed by atoms with Crippen molar-refractivity contribution in [2.75, 3.05) is 0 Å². The average molecular weight is 243 g/mol. The molecule has 4 rings (SSSR count). The van der Waals surface area contributed by atoms with Crippen LogP contribution in [0.5, 0.6) is 0 Å². The van der Waals surface area contributed by atoms with Gasteiger partial charge in [0.15, 0.2) is 0 Å². The Kier molecular flexibility index (Phi) is 1.98. The third-order valence-corrected chi connectivity index (χ3v) is 4.38. The summed E-state index contributed by atoms with van der Waals surface area (Å²) in [6, 6.07) is 22.8. The SMILES string of the molecule is CC1(C)c2c[c]ccc2-c2ccc3ccccc3c21. The van der Waals surface area contributed by atoms with Crippen LogP contribution in [0.3, 0.4) is 0 Å². The quantitative estimate of drug-likeness (QED) is 0.524. The minimum Gasteiger partial charge on any atom is -0.0616 e. The van der Waals surface area contributed by atoms with E-state index in [4.69, 9.17) is 0 Å². The molecule has 0 amide bonds. The van der Waals surface area contributed by atoms with E-state index >= 15 is 0 Å². The molecule has 0 unspecified atom stereocenters. The van der Waals surface area contributed by atoms with Crippen molar-refractivity contribution in [3.05, 3.63) is 71.8 Å². The van der Waals surface area contributed by atoms with E-state index in [-0.39, 0.29) is 5.41 Å². The number of hydrogen-bond donors (Lipinski definition) is 0. The third kappa shape index (κ3) is 1.29. The molecule has 0 saturated heterocycles. The van der Waals surface area contributed by atoms with E-state index in [1.807, 2.05) is 6.07 Å². The maximum atomic E-state index is 3.23. The lowest BCUT2D eigenvalue weighted by Gasteiger charge is -2.23. The Balaban J connectivity index is 2.20. The Morgan fingerprint density at radius 1 is 0.895 bits per heavy atom. The highest BCUT2D eigenvalue weighted by atomic mass is 14.4. The van der Waals surface area contributed by atoms with Crippen LogP contribution in [0.25, 0.3) is 21.9 Å². The fraction of sp³-hybridized carbons (Fsp3) is 0.158. The van der Waals surface area contributed by atoms with Crippen molar-refractivity contribution in [2.45, 2.75) is 19.3 Å². The predicted octanol–water partition coefficient (Wildman–Crippen LogP) is 4.95. The van der Waals surface area contributed by atoms with E-state index in [9.17, 15) is 0 Å². The van der Waals surface area contributed by atoms with Crippen LogP contribution >= 0.6 is 0 Å². The van der Waals surface area contributed by atoms with E-state index in [1.54, 1.807) is 0 Å². The van der Waals surface area contributed by atoms with E-state index < -0.39 is 0 Å². The molecule has 0 nitrogen and oxygen atoms in total. The highest BCUT2D eigenvalue weighted by Gasteiger charge is 2.36. The lowest BCUT2D eigenvalue weighted by Crippen LogP contribution is -2.15. The summed E-state index contributed by atoms with van der Waals surface area (Å²) in [5, 5.41) is 2.70. The topological polar surface area (TPSA) is 0 Å². The Morgan fingerprint density at radius 3 is 2.63 bits per heavy atom. The molecule has 3 aromatic carbocycles. The fourth-order valence-corrected chi connectivity index (χ4v) is 3.49. The van der Waals surface area contributed by atoms with Gasteiger partial charge in [0, 0.05) is 5.41 Å². The molecule has 0 heteroatoms. The molecule has 0 aromatic heterocycles. The lowest BCUT2D eigenvalue weighted by atomic mass is 9.80. The fourth-order valence-electron chi connectivity index (χ4n) is 3.49. The van der Waals surface area contributed by atoms with E-state index in [0.717, 1.165) is 0 Å². The lowest BCUT2D eigenvalue weighted by molar-refractivity contribution is 0.666. The van der Waals surface area contributed by atoms with Crippen molar-refractivity contribution < 1.29 is 0 Å². The zero-order chi connectivity index (χ0) is 13.0. The number of rotatable bonds is 0.